The van der Waals surface area contributed by atoms with E-state index >= 15 is 0 Å². The first-order valence-corrected chi connectivity index (χ1v) is 14.1. The van der Waals surface area contributed by atoms with Gasteiger partial charge in [0.25, 0.3) is 5.91 Å². The SMILES string of the molecule is CO[C@@H]1CC[C@H](NC(=O)[C@@H]2CN(C(=O)c3cnn(Cc4ccccc4)c3)CC23CN(C(=O)[C@H]2CC2(C)C)C3)C1. The predicted octanol–water partition coefficient (Wildman–Crippen LogP) is 2.56. The summed E-state index contributed by atoms with van der Waals surface area (Å²) in [5.74, 6) is -0.210. The number of carbonyl (C=O) groups is 3. The second kappa shape index (κ2) is 9.77. The van der Waals surface area contributed by atoms with E-state index in [1.54, 1.807) is 29.1 Å². The minimum Gasteiger partial charge on any atom is -0.381 e. The van der Waals surface area contributed by atoms with Crippen LogP contribution < -0.4 is 5.32 Å². The molecule has 1 aromatic heterocycles. The first-order valence-electron chi connectivity index (χ1n) is 14.1. The summed E-state index contributed by atoms with van der Waals surface area (Å²) in [6.07, 6.45) is 7.14. The minimum atomic E-state index is -0.409. The molecule has 208 valence electrons. The van der Waals surface area contributed by atoms with Crippen molar-refractivity contribution in [1.82, 2.24) is 24.9 Å². The van der Waals surface area contributed by atoms with Gasteiger partial charge >= 0.3 is 0 Å². The molecule has 39 heavy (non-hydrogen) atoms. The highest BCUT2D eigenvalue weighted by Gasteiger charge is 2.62. The molecule has 1 spiro atoms. The molecular formula is C30H39N5O4. The van der Waals surface area contributed by atoms with E-state index in [-0.39, 0.29) is 47.1 Å². The number of likely N-dealkylation sites (tertiary alicyclic amines) is 2. The van der Waals surface area contributed by atoms with Gasteiger partial charge in [0, 0.05) is 56.9 Å². The Morgan fingerprint density at radius 3 is 2.44 bits per heavy atom. The lowest BCUT2D eigenvalue weighted by Gasteiger charge is -2.50. The number of rotatable bonds is 7. The van der Waals surface area contributed by atoms with Gasteiger partial charge in [-0.3, -0.25) is 19.1 Å². The highest BCUT2D eigenvalue weighted by Crippen LogP contribution is 2.54. The highest BCUT2D eigenvalue weighted by molar-refractivity contribution is 5.95. The van der Waals surface area contributed by atoms with E-state index in [9.17, 15) is 14.4 Å². The topological polar surface area (TPSA) is 96.8 Å². The number of benzene rings is 1. The number of carbonyl (C=O) groups excluding carboxylic acids is 3. The third-order valence-electron chi connectivity index (χ3n) is 9.52. The second-order valence-corrected chi connectivity index (χ2v) is 12.8. The van der Waals surface area contributed by atoms with Gasteiger partial charge in [-0.05, 0) is 36.7 Å². The fraction of sp³-hybridized carbons (Fsp3) is 0.600. The van der Waals surface area contributed by atoms with E-state index in [0.29, 0.717) is 38.3 Å². The van der Waals surface area contributed by atoms with Gasteiger partial charge in [-0.25, -0.2) is 0 Å². The fourth-order valence-electron chi connectivity index (χ4n) is 6.88. The monoisotopic (exact) mass is 533 g/mol. The first kappa shape index (κ1) is 26.0. The van der Waals surface area contributed by atoms with E-state index in [1.807, 2.05) is 35.2 Å². The molecule has 2 saturated heterocycles. The van der Waals surface area contributed by atoms with E-state index in [4.69, 9.17) is 4.74 Å². The molecule has 6 rings (SSSR count). The lowest BCUT2D eigenvalue weighted by molar-refractivity contribution is -0.151. The summed E-state index contributed by atoms with van der Waals surface area (Å²) < 4.78 is 7.26. The number of methoxy groups -OCH3 is 1. The van der Waals surface area contributed by atoms with Crippen LogP contribution in [0.5, 0.6) is 0 Å². The van der Waals surface area contributed by atoms with Crippen LogP contribution in [0, 0.1) is 22.7 Å². The van der Waals surface area contributed by atoms with E-state index in [1.165, 1.54) is 0 Å². The van der Waals surface area contributed by atoms with E-state index in [2.05, 4.69) is 24.3 Å². The zero-order chi connectivity index (χ0) is 27.4. The summed E-state index contributed by atoms with van der Waals surface area (Å²) in [7, 11) is 1.72. The Bertz CT molecular complexity index is 1250. The summed E-state index contributed by atoms with van der Waals surface area (Å²) in [5, 5.41) is 7.67. The van der Waals surface area contributed by atoms with Crippen LogP contribution in [-0.4, -0.2) is 82.7 Å². The lowest BCUT2D eigenvalue weighted by atomic mass is 9.70. The predicted molar refractivity (Wildman–Crippen MR) is 145 cm³/mol. The number of hydrogen-bond donors (Lipinski definition) is 1. The van der Waals surface area contributed by atoms with Crippen LogP contribution in [0.25, 0.3) is 0 Å². The van der Waals surface area contributed by atoms with Crippen molar-refractivity contribution < 1.29 is 19.1 Å². The molecule has 3 amide bonds. The normalized spacial score (nSPS) is 28.4. The molecule has 0 bridgehead atoms. The molecule has 9 heteroatoms. The van der Waals surface area contributed by atoms with Gasteiger partial charge in [0.05, 0.1) is 30.3 Å². The van der Waals surface area contributed by atoms with Crippen molar-refractivity contribution in [2.75, 3.05) is 33.3 Å². The fourth-order valence-corrected chi connectivity index (χ4v) is 6.88. The molecule has 4 aliphatic rings. The van der Waals surface area contributed by atoms with Gasteiger partial charge in [0.2, 0.25) is 11.8 Å². The van der Waals surface area contributed by atoms with Crippen LogP contribution in [-0.2, 0) is 20.9 Å². The third kappa shape index (κ3) is 4.97. The Balaban J connectivity index is 1.16. The van der Waals surface area contributed by atoms with Crippen molar-refractivity contribution in [1.29, 1.82) is 0 Å². The molecule has 1 aromatic carbocycles. The van der Waals surface area contributed by atoms with Crippen LogP contribution in [0.4, 0.5) is 0 Å². The maximum atomic E-state index is 13.6. The number of hydrogen-bond acceptors (Lipinski definition) is 5. The van der Waals surface area contributed by atoms with Crippen molar-refractivity contribution in [3.05, 3.63) is 53.9 Å². The summed E-state index contributed by atoms with van der Waals surface area (Å²) in [5.41, 5.74) is 1.28. The van der Waals surface area contributed by atoms with E-state index < -0.39 is 5.41 Å². The van der Waals surface area contributed by atoms with Crippen molar-refractivity contribution in [2.45, 2.75) is 58.2 Å². The Kier molecular flexibility index (Phi) is 6.52. The first-order chi connectivity index (χ1) is 18.7. The number of aromatic nitrogens is 2. The molecular weight excluding hydrogens is 494 g/mol. The Morgan fingerprint density at radius 1 is 1.05 bits per heavy atom. The van der Waals surface area contributed by atoms with Gasteiger partial charge in [0.15, 0.2) is 0 Å². The Morgan fingerprint density at radius 2 is 1.77 bits per heavy atom. The van der Waals surface area contributed by atoms with Crippen molar-refractivity contribution in [2.24, 2.45) is 22.7 Å². The van der Waals surface area contributed by atoms with Gasteiger partial charge in [0.1, 0.15) is 0 Å². The van der Waals surface area contributed by atoms with Crippen molar-refractivity contribution in [3.63, 3.8) is 0 Å². The Labute approximate surface area is 229 Å². The van der Waals surface area contributed by atoms with E-state index in [0.717, 1.165) is 31.2 Å². The zero-order valence-corrected chi connectivity index (χ0v) is 23.1. The maximum Gasteiger partial charge on any atom is 0.257 e. The van der Waals surface area contributed by atoms with Crippen molar-refractivity contribution >= 4 is 17.7 Å². The standard InChI is InChI=1S/C30H39N5O4/c1-29(2)12-24(29)28(38)34-18-30(19-34)17-33(16-25(30)26(36)32-22-9-10-23(11-22)39-3)27(37)21-13-31-35(15-21)14-20-7-5-4-6-8-20/h4-8,13,15,22-25H,9-12,14,16-19H2,1-3H3,(H,32,36)/t22-,23+,24+,25-/m0/s1. The molecule has 9 nitrogen and oxygen atoms in total. The summed E-state index contributed by atoms with van der Waals surface area (Å²) >= 11 is 0. The highest BCUT2D eigenvalue weighted by atomic mass is 16.5. The second-order valence-electron chi connectivity index (χ2n) is 12.8. The summed E-state index contributed by atoms with van der Waals surface area (Å²) in [6.45, 7) is 6.72. The van der Waals surface area contributed by atoms with Gasteiger partial charge in [-0.1, -0.05) is 44.2 Å². The third-order valence-corrected chi connectivity index (χ3v) is 9.52. The number of amides is 3. The van der Waals surface area contributed by atoms with Crippen molar-refractivity contribution in [3.8, 4) is 0 Å². The Hall–Kier alpha value is -3.20. The molecule has 4 atom stereocenters. The van der Waals surface area contributed by atoms with Crippen LogP contribution >= 0.6 is 0 Å². The van der Waals surface area contributed by atoms with Crippen LogP contribution in [0.2, 0.25) is 0 Å². The van der Waals surface area contributed by atoms with Crippen LogP contribution in [0.1, 0.15) is 55.5 Å². The quantitative estimate of drug-likeness (QED) is 0.590. The number of ether oxygens (including phenoxy) is 1. The number of nitrogens with zero attached hydrogens (tertiary/aromatic N) is 4. The molecule has 3 heterocycles. The lowest BCUT2D eigenvalue weighted by Crippen LogP contribution is -2.64. The molecule has 0 radical (unpaired) electrons. The molecule has 2 saturated carbocycles. The molecule has 4 fully saturated rings. The summed E-state index contributed by atoms with van der Waals surface area (Å²) in [6, 6.07) is 10.1. The van der Waals surface area contributed by atoms with Crippen LogP contribution in [0.3, 0.4) is 0 Å². The minimum absolute atomic E-state index is 0.00863. The smallest absolute Gasteiger partial charge is 0.257 e. The summed E-state index contributed by atoms with van der Waals surface area (Å²) in [4.78, 5) is 44.0. The average molecular weight is 534 g/mol. The average Bonchev–Trinajstić information content (AvgIpc) is 3.37. The molecule has 2 aromatic rings. The van der Waals surface area contributed by atoms with Crippen LogP contribution in [0.15, 0.2) is 42.7 Å². The number of nitrogens with one attached hydrogen (secondary N) is 1. The van der Waals surface area contributed by atoms with Gasteiger partial charge < -0.3 is 19.9 Å². The molecule has 2 aliphatic carbocycles. The van der Waals surface area contributed by atoms with Gasteiger partial charge in [-0.2, -0.15) is 5.10 Å². The molecule has 2 aliphatic heterocycles. The maximum absolute atomic E-state index is 13.6. The largest absolute Gasteiger partial charge is 0.381 e. The van der Waals surface area contributed by atoms with Gasteiger partial charge in [-0.15, -0.1) is 0 Å². The molecule has 0 unspecified atom stereocenters. The zero-order valence-electron chi connectivity index (χ0n) is 23.1. The molecule has 1 N–H and O–H groups in total.